The van der Waals surface area contributed by atoms with E-state index in [0.29, 0.717) is 11.3 Å². The second-order valence-electron chi connectivity index (χ2n) is 5.71. The fourth-order valence-electron chi connectivity index (χ4n) is 2.39. The van der Waals surface area contributed by atoms with Crippen molar-refractivity contribution in [2.75, 3.05) is 19.0 Å². The first-order valence-electron chi connectivity index (χ1n) is 8.71. The van der Waals surface area contributed by atoms with Gasteiger partial charge < -0.3 is 19.5 Å². The molecule has 0 aromatic heterocycles. The van der Waals surface area contributed by atoms with Gasteiger partial charge in [-0.05, 0) is 55.0 Å². The SMILES string of the molecule is CCOC(=O)c1ccc(NC(=O)/C(C#N)=C/c2ccc(OC)c(OC(F)F)c2)cc1. The number of hydrogen-bond acceptors (Lipinski definition) is 6. The van der Waals surface area contributed by atoms with Gasteiger partial charge in [0.1, 0.15) is 11.6 Å². The number of rotatable bonds is 8. The highest BCUT2D eigenvalue weighted by atomic mass is 19.3. The fraction of sp³-hybridized carbons (Fsp3) is 0.190. The van der Waals surface area contributed by atoms with E-state index >= 15 is 0 Å². The van der Waals surface area contributed by atoms with Crippen molar-refractivity contribution >= 4 is 23.6 Å². The van der Waals surface area contributed by atoms with Crippen LogP contribution in [0.15, 0.2) is 48.0 Å². The highest BCUT2D eigenvalue weighted by molar-refractivity contribution is 6.09. The van der Waals surface area contributed by atoms with Crippen LogP contribution >= 0.6 is 0 Å². The zero-order valence-electron chi connectivity index (χ0n) is 16.1. The molecule has 0 heterocycles. The van der Waals surface area contributed by atoms with E-state index in [-0.39, 0.29) is 29.2 Å². The summed E-state index contributed by atoms with van der Waals surface area (Å²) in [6, 6.07) is 11.8. The summed E-state index contributed by atoms with van der Waals surface area (Å²) in [5.41, 5.74) is 0.690. The molecule has 0 spiro atoms. The number of methoxy groups -OCH3 is 1. The Balaban J connectivity index is 2.19. The Kier molecular flexibility index (Phi) is 7.88. The Bertz CT molecular complexity index is 982. The molecule has 156 valence electrons. The Morgan fingerprint density at radius 3 is 2.43 bits per heavy atom. The van der Waals surface area contributed by atoms with Crippen LogP contribution in [0, 0.1) is 11.3 Å². The lowest BCUT2D eigenvalue weighted by molar-refractivity contribution is -0.112. The predicted octanol–water partition coefficient (Wildman–Crippen LogP) is 4.02. The number of alkyl halides is 2. The molecule has 1 amide bonds. The summed E-state index contributed by atoms with van der Waals surface area (Å²) in [7, 11) is 1.30. The summed E-state index contributed by atoms with van der Waals surface area (Å²) >= 11 is 0. The predicted molar refractivity (Wildman–Crippen MR) is 104 cm³/mol. The molecule has 0 fully saturated rings. The molecule has 7 nitrogen and oxygen atoms in total. The van der Waals surface area contributed by atoms with Crippen molar-refractivity contribution in [2.24, 2.45) is 0 Å². The normalized spacial score (nSPS) is 10.9. The maximum absolute atomic E-state index is 12.6. The summed E-state index contributed by atoms with van der Waals surface area (Å²) in [5, 5.41) is 11.8. The van der Waals surface area contributed by atoms with Gasteiger partial charge in [-0.1, -0.05) is 6.07 Å². The molecule has 0 saturated heterocycles. The zero-order chi connectivity index (χ0) is 22.1. The highest BCUT2D eigenvalue weighted by Crippen LogP contribution is 2.30. The van der Waals surface area contributed by atoms with Crippen LogP contribution in [0.5, 0.6) is 11.5 Å². The molecule has 0 saturated carbocycles. The quantitative estimate of drug-likeness (QED) is 0.397. The van der Waals surface area contributed by atoms with Gasteiger partial charge in [-0.25, -0.2) is 4.79 Å². The van der Waals surface area contributed by atoms with Crippen LogP contribution in [-0.4, -0.2) is 32.2 Å². The lowest BCUT2D eigenvalue weighted by Gasteiger charge is -2.10. The molecule has 2 rings (SSSR count). The van der Waals surface area contributed by atoms with Gasteiger partial charge in [0.25, 0.3) is 5.91 Å². The molecule has 1 N–H and O–H groups in total. The molecule has 0 unspecified atom stereocenters. The number of benzene rings is 2. The second kappa shape index (κ2) is 10.6. The van der Waals surface area contributed by atoms with Gasteiger partial charge in [-0.2, -0.15) is 14.0 Å². The third-order valence-corrected chi connectivity index (χ3v) is 3.73. The Morgan fingerprint density at radius 2 is 1.87 bits per heavy atom. The van der Waals surface area contributed by atoms with Gasteiger partial charge >= 0.3 is 12.6 Å². The first-order chi connectivity index (χ1) is 14.4. The lowest BCUT2D eigenvalue weighted by atomic mass is 10.1. The van der Waals surface area contributed by atoms with Crippen LogP contribution in [0.1, 0.15) is 22.8 Å². The van der Waals surface area contributed by atoms with Crippen molar-refractivity contribution in [1.82, 2.24) is 0 Å². The first kappa shape index (κ1) is 22.4. The molecular weight excluding hydrogens is 398 g/mol. The number of esters is 1. The minimum Gasteiger partial charge on any atom is -0.493 e. The summed E-state index contributed by atoms with van der Waals surface area (Å²) in [6.07, 6.45) is 1.22. The first-order valence-corrected chi connectivity index (χ1v) is 8.71. The standard InChI is InChI=1S/C21H18F2N2O5/c1-3-29-20(27)14-5-7-16(8-6-14)25-19(26)15(12-24)10-13-4-9-17(28-2)18(11-13)30-21(22)23/h4-11,21H,3H2,1-2H3,(H,25,26)/b15-10+. The summed E-state index contributed by atoms with van der Waals surface area (Å²) < 4.78 is 39.3. The van der Waals surface area contributed by atoms with Crippen LogP contribution in [0.3, 0.4) is 0 Å². The van der Waals surface area contributed by atoms with Crippen molar-refractivity contribution in [3.63, 3.8) is 0 Å². The summed E-state index contributed by atoms with van der Waals surface area (Å²) in [4.78, 5) is 24.0. The number of anilines is 1. The maximum Gasteiger partial charge on any atom is 0.387 e. The topological polar surface area (TPSA) is 97.7 Å². The number of nitrogens with zero attached hydrogens (tertiary/aromatic N) is 1. The fourth-order valence-corrected chi connectivity index (χ4v) is 2.39. The van der Waals surface area contributed by atoms with Crippen LogP contribution in [0.2, 0.25) is 0 Å². The van der Waals surface area contributed by atoms with E-state index in [4.69, 9.17) is 9.47 Å². The van der Waals surface area contributed by atoms with E-state index in [9.17, 15) is 23.6 Å². The van der Waals surface area contributed by atoms with Crippen LogP contribution in [0.25, 0.3) is 6.08 Å². The van der Waals surface area contributed by atoms with Crippen LogP contribution in [-0.2, 0) is 9.53 Å². The summed E-state index contributed by atoms with van der Waals surface area (Å²) in [5.74, 6) is -1.35. The van der Waals surface area contributed by atoms with E-state index < -0.39 is 18.5 Å². The third kappa shape index (κ3) is 6.04. The minimum absolute atomic E-state index is 0.0806. The monoisotopic (exact) mass is 416 g/mol. The van der Waals surface area contributed by atoms with E-state index in [1.165, 1.54) is 55.7 Å². The molecule has 2 aromatic rings. The third-order valence-electron chi connectivity index (χ3n) is 3.73. The molecule has 0 aliphatic carbocycles. The van der Waals surface area contributed by atoms with Crippen molar-refractivity contribution < 1.29 is 32.6 Å². The van der Waals surface area contributed by atoms with Gasteiger partial charge in [-0.15, -0.1) is 0 Å². The molecule has 2 aromatic carbocycles. The number of ether oxygens (including phenoxy) is 3. The average molecular weight is 416 g/mol. The minimum atomic E-state index is -3.06. The summed E-state index contributed by atoms with van der Waals surface area (Å²) in [6.45, 7) is -1.13. The molecule has 0 aliphatic rings. The molecule has 0 bridgehead atoms. The Hall–Kier alpha value is -3.93. The largest absolute Gasteiger partial charge is 0.493 e. The maximum atomic E-state index is 12.6. The van der Waals surface area contributed by atoms with Gasteiger partial charge in [-0.3, -0.25) is 4.79 Å². The Labute approximate surface area is 171 Å². The van der Waals surface area contributed by atoms with Crippen molar-refractivity contribution in [3.8, 4) is 17.6 Å². The van der Waals surface area contributed by atoms with Gasteiger partial charge in [0.15, 0.2) is 11.5 Å². The van der Waals surface area contributed by atoms with Crippen molar-refractivity contribution in [3.05, 3.63) is 59.2 Å². The number of nitriles is 1. The van der Waals surface area contributed by atoms with Crippen LogP contribution in [0.4, 0.5) is 14.5 Å². The molecular formula is C21H18F2N2O5. The number of carbonyl (C=O) groups excluding carboxylic acids is 2. The number of hydrogen-bond donors (Lipinski definition) is 1. The van der Waals surface area contributed by atoms with Crippen molar-refractivity contribution in [2.45, 2.75) is 13.5 Å². The number of amides is 1. The molecule has 30 heavy (non-hydrogen) atoms. The van der Waals surface area contributed by atoms with Crippen molar-refractivity contribution in [1.29, 1.82) is 5.26 Å². The van der Waals surface area contributed by atoms with Gasteiger partial charge in [0.05, 0.1) is 19.3 Å². The molecule has 0 radical (unpaired) electrons. The number of carbonyl (C=O) groups is 2. The number of halogens is 2. The smallest absolute Gasteiger partial charge is 0.387 e. The highest BCUT2D eigenvalue weighted by Gasteiger charge is 2.14. The van der Waals surface area contributed by atoms with E-state index in [1.54, 1.807) is 13.0 Å². The Morgan fingerprint density at radius 1 is 1.17 bits per heavy atom. The number of nitrogens with one attached hydrogen (secondary N) is 1. The van der Waals surface area contributed by atoms with Crippen LogP contribution < -0.4 is 14.8 Å². The average Bonchev–Trinajstić information content (AvgIpc) is 2.72. The lowest BCUT2D eigenvalue weighted by Crippen LogP contribution is -2.13. The second-order valence-corrected chi connectivity index (χ2v) is 5.71. The van der Waals surface area contributed by atoms with Gasteiger partial charge in [0.2, 0.25) is 0 Å². The zero-order valence-corrected chi connectivity index (χ0v) is 16.1. The van der Waals surface area contributed by atoms with E-state index in [2.05, 4.69) is 10.1 Å². The van der Waals surface area contributed by atoms with E-state index in [1.807, 2.05) is 0 Å². The van der Waals surface area contributed by atoms with Gasteiger partial charge in [0, 0.05) is 5.69 Å². The van der Waals surface area contributed by atoms with E-state index in [0.717, 1.165) is 0 Å². The molecule has 9 heteroatoms. The molecule has 0 atom stereocenters. The molecule has 0 aliphatic heterocycles.